The lowest BCUT2D eigenvalue weighted by Crippen LogP contribution is -2.02. The molecule has 0 N–H and O–H groups in total. The van der Waals surface area contributed by atoms with Gasteiger partial charge in [0.25, 0.3) is 0 Å². The van der Waals surface area contributed by atoms with E-state index in [1.165, 1.54) is 14.2 Å². The summed E-state index contributed by atoms with van der Waals surface area (Å²) in [6.07, 6.45) is 3.80. The highest BCUT2D eigenvalue weighted by molar-refractivity contribution is 5.78. The normalized spacial score (nSPS) is 9.82. The van der Waals surface area contributed by atoms with Crippen molar-refractivity contribution < 1.29 is 19.0 Å². The van der Waals surface area contributed by atoms with Gasteiger partial charge in [0.15, 0.2) is 11.5 Å². The molecule has 0 spiro atoms. The Morgan fingerprint density at radius 1 is 1.18 bits per heavy atom. The van der Waals surface area contributed by atoms with Crippen LogP contribution in [0.25, 0.3) is 0 Å². The minimum Gasteiger partial charge on any atom is -0.493 e. The summed E-state index contributed by atoms with van der Waals surface area (Å²) < 4.78 is 16.0. The van der Waals surface area contributed by atoms with E-state index in [0.29, 0.717) is 29.4 Å². The molecule has 0 bridgehead atoms. The molecule has 0 heterocycles. The van der Waals surface area contributed by atoms with Gasteiger partial charge in [-0.05, 0) is 18.6 Å². The average Bonchev–Trinajstić information content (AvgIpc) is 2.38. The van der Waals surface area contributed by atoms with Gasteiger partial charge in [-0.15, -0.1) is 0 Å². The maximum Gasteiger partial charge on any atom is 0.233 e. The molecule has 17 heavy (non-hydrogen) atoms. The zero-order valence-corrected chi connectivity index (χ0v) is 10.4. The van der Waals surface area contributed by atoms with Gasteiger partial charge in [0.1, 0.15) is 0 Å². The Morgan fingerprint density at radius 2 is 1.76 bits per heavy atom. The molecule has 0 saturated heterocycles. The summed E-state index contributed by atoms with van der Waals surface area (Å²) in [5.74, 6) is 1.50. The van der Waals surface area contributed by atoms with Gasteiger partial charge in [0.2, 0.25) is 12.0 Å². The summed E-state index contributed by atoms with van der Waals surface area (Å²) in [6, 6.07) is 3.16. The second kappa shape index (κ2) is 6.78. The van der Waals surface area contributed by atoms with Gasteiger partial charge in [-0.25, -0.2) is 0 Å². The molecular formula is C13H17O4. The fourth-order valence-electron chi connectivity index (χ4n) is 1.40. The molecule has 1 aromatic carbocycles. The van der Waals surface area contributed by atoms with Crippen molar-refractivity contribution in [3.63, 3.8) is 0 Å². The lowest BCUT2D eigenvalue weighted by Gasteiger charge is -2.14. The molecular weight excluding hydrogens is 220 g/mol. The second-order valence-corrected chi connectivity index (χ2v) is 3.51. The molecule has 0 saturated carbocycles. The predicted molar refractivity (Wildman–Crippen MR) is 64.7 cm³/mol. The molecule has 0 aliphatic carbocycles. The smallest absolute Gasteiger partial charge is 0.233 e. The number of hydrogen-bond donors (Lipinski definition) is 0. The number of benzene rings is 1. The molecule has 1 radical (unpaired) electrons. The van der Waals surface area contributed by atoms with E-state index in [-0.39, 0.29) is 0 Å². The van der Waals surface area contributed by atoms with Crippen LogP contribution in [0.5, 0.6) is 17.2 Å². The minimum atomic E-state index is 0.376. The van der Waals surface area contributed by atoms with Gasteiger partial charge in [-0.3, -0.25) is 4.79 Å². The van der Waals surface area contributed by atoms with Gasteiger partial charge in [0, 0.05) is 5.56 Å². The van der Waals surface area contributed by atoms with Crippen molar-refractivity contribution in [2.24, 2.45) is 0 Å². The summed E-state index contributed by atoms with van der Waals surface area (Å²) >= 11 is 0. The van der Waals surface area contributed by atoms with E-state index in [1.807, 2.05) is 0 Å². The number of unbranched alkanes of at least 4 members (excludes halogenated alkanes) is 1. The maximum absolute atomic E-state index is 10.6. The van der Waals surface area contributed by atoms with E-state index in [9.17, 15) is 4.79 Å². The Morgan fingerprint density at radius 3 is 2.18 bits per heavy atom. The molecule has 0 atom stereocenters. The molecule has 4 heteroatoms. The highest BCUT2D eigenvalue weighted by Gasteiger charge is 2.14. The van der Waals surface area contributed by atoms with Gasteiger partial charge in [0.05, 0.1) is 20.8 Å². The zero-order valence-electron chi connectivity index (χ0n) is 10.4. The topological polar surface area (TPSA) is 44.8 Å². The Labute approximate surface area is 101 Å². The quantitative estimate of drug-likeness (QED) is 0.683. The van der Waals surface area contributed by atoms with Crippen LogP contribution in [-0.4, -0.2) is 27.1 Å². The van der Waals surface area contributed by atoms with Crippen LogP contribution in [-0.2, 0) is 4.79 Å². The first kappa shape index (κ1) is 13.4. The molecule has 1 rings (SSSR count). The molecule has 1 aromatic rings. The molecule has 93 valence electrons. The fraction of sp³-hybridized carbons (Fsp3) is 0.462. The van der Waals surface area contributed by atoms with Gasteiger partial charge < -0.3 is 14.2 Å². The third-order valence-electron chi connectivity index (χ3n) is 2.32. The molecule has 0 amide bonds. The van der Waals surface area contributed by atoms with Crippen LogP contribution in [0.3, 0.4) is 0 Å². The van der Waals surface area contributed by atoms with Crippen molar-refractivity contribution in [2.75, 3.05) is 20.8 Å². The predicted octanol–water partition coefficient (Wildman–Crippen LogP) is 2.34. The van der Waals surface area contributed by atoms with Gasteiger partial charge in [-0.2, -0.15) is 0 Å². The van der Waals surface area contributed by atoms with Crippen LogP contribution in [0.15, 0.2) is 12.1 Å². The summed E-state index contributed by atoms with van der Waals surface area (Å²) in [7, 11) is 3.05. The average molecular weight is 237 g/mol. The van der Waals surface area contributed by atoms with Crippen molar-refractivity contribution >= 4 is 6.29 Å². The Bertz CT molecular complexity index is 349. The molecule has 0 aliphatic heterocycles. The van der Waals surface area contributed by atoms with Crippen LogP contribution in [0.4, 0.5) is 0 Å². The van der Waals surface area contributed by atoms with Gasteiger partial charge in [-0.1, -0.05) is 13.3 Å². The van der Waals surface area contributed by atoms with E-state index in [1.54, 1.807) is 18.4 Å². The van der Waals surface area contributed by atoms with E-state index in [2.05, 4.69) is 6.92 Å². The highest BCUT2D eigenvalue weighted by atomic mass is 16.5. The first-order valence-electron chi connectivity index (χ1n) is 5.53. The van der Waals surface area contributed by atoms with Crippen molar-refractivity contribution in [1.82, 2.24) is 0 Å². The number of methoxy groups -OCH3 is 2. The van der Waals surface area contributed by atoms with E-state index in [0.717, 1.165) is 12.8 Å². The van der Waals surface area contributed by atoms with Crippen LogP contribution in [0.1, 0.15) is 25.3 Å². The molecule has 0 aliphatic rings. The first-order valence-corrected chi connectivity index (χ1v) is 5.53. The zero-order chi connectivity index (χ0) is 12.7. The Balaban J connectivity index is 3.01. The van der Waals surface area contributed by atoms with Crippen LogP contribution in [0, 0.1) is 0 Å². The minimum absolute atomic E-state index is 0.376. The van der Waals surface area contributed by atoms with E-state index < -0.39 is 0 Å². The Kier molecular flexibility index (Phi) is 5.33. The fourth-order valence-corrected chi connectivity index (χ4v) is 1.40. The summed E-state index contributed by atoms with van der Waals surface area (Å²) in [4.78, 5) is 10.6. The summed E-state index contributed by atoms with van der Waals surface area (Å²) in [5.41, 5.74) is 0.376. The summed E-state index contributed by atoms with van der Waals surface area (Å²) in [6.45, 7) is 2.68. The monoisotopic (exact) mass is 237 g/mol. The Hall–Kier alpha value is -1.71. The molecule has 0 unspecified atom stereocenters. The summed E-state index contributed by atoms with van der Waals surface area (Å²) in [5, 5.41) is 0. The van der Waals surface area contributed by atoms with Crippen molar-refractivity contribution in [3.8, 4) is 17.2 Å². The highest BCUT2D eigenvalue weighted by Crippen LogP contribution is 2.38. The third-order valence-corrected chi connectivity index (χ3v) is 2.32. The lowest BCUT2D eigenvalue weighted by atomic mass is 10.2. The van der Waals surface area contributed by atoms with Crippen LogP contribution < -0.4 is 14.2 Å². The van der Waals surface area contributed by atoms with Crippen molar-refractivity contribution in [3.05, 3.63) is 17.7 Å². The van der Waals surface area contributed by atoms with E-state index in [4.69, 9.17) is 14.2 Å². The largest absolute Gasteiger partial charge is 0.493 e. The molecule has 4 nitrogen and oxygen atoms in total. The SMILES string of the molecule is CCCCOc1c(OC)cc([C]=O)cc1OC. The first-order chi connectivity index (χ1) is 8.26. The molecule has 0 aromatic heterocycles. The number of carbonyl (C=O) groups excluding carboxylic acids is 1. The molecule has 0 fully saturated rings. The second-order valence-electron chi connectivity index (χ2n) is 3.51. The number of rotatable bonds is 7. The number of ether oxygens (including phenoxy) is 3. The van der Waals surface area contributed by atoms with Crippen molar-refractivity contribution in [2.45, 2.75) is 19.8 Å². The van der Waals surface area contributed by atoms with Gasteiger partial charge >= 0.3 is 0 Å². The van der Waals surface area contributed by atoms with Crippen LogP contribution in [0.2, 0.25) is 0 Å². The standard InChI is InChI=1S/C13H17O4/c1-4-5-6-17-13-11(15-2)7-10(9-14)8-12(13)16-3/h7-8H,4-6H2,1-3H3. The third kappa shape index (κ3) is 3.37. The lowest BCUT2D eigenvalue weighted by molar-refractivity contribution is 0.270. The van der Waals surface area contributed by atoms with E-state index >= 15 is 0 Å². The van der Waals surface area contributed by atoms with Crippen molar-refractivity contribution in [1.29, 1.82) is 0 Å². The number of hydrogen-bond acceptors (Lipinski definition) is 4. The maximum atomic E-state index is 10.6. The van der Waals surface area contributed by atoms with Crippen LogP contribution >= 0.6 is 0 Å².